The molecule has 2 aromatic carbocycles. The third-order valence-electron chi connectivity index (χ3n) is 3.53. The van der Waals surface area contributed by atoms with E-state index < -0.39 is 0 Å². The molecule has 0 amide bonds. The highest BCUT2D eigenvalue weighted by Crippen LogP contribution is 2.27. The molecule has 0 saturated carbocycles. The van der Waals surface area contributed by atoms with E-state index in [1.165, 1.54) is 12.1 Å². The van der Waals surface area contributed by atoms with Gasteiger partial charge in [-0.15, -0.1) is 0 Å². The second-order valence-corrected chi connectivity index (χ2v) is 6.03. The van der Waals surface area contributed by atoms with Gasteiger partial charge in [0.25, 0.3) is 0 Å². The zero-order valence-corrected chi connectivity index (χ0v) is 14.7. The number of anilines is 3. The smallest absolute Gasteiger partial charge is 0.224 e. The van der Waals surface area contributed by atoms with E-state index in [2.05, 4.69) is 20.6 Å². The van der Waals surface area contributed by atoms with E-state index in [1.54, 1.807) is 24.4 Å². The summed E-state index contributed by atoms with van der Waals surface area (Å²) in [7, 11) is 0. The minimum atomic E-state index is -0.251. The number of hydrogen-bond donors (Lipinski definition) is 2. The van der Waals surface area contributed by atoms with Crippen LogP contribution in [0.5, 0.6) is 5.75 Å². The van der Waals surface area contributed by atoms with Crippen LogP contribution in [0.25, 0.3) is 0 Å². The molecule has 0 unspecified atom stereocenters. The van der Waals surface area contributed by atoms with Gasteiger partial charge in [-0.2, -0.15) is 4.98 Å². The third kappa shape index (κ3) is 4.92. The zero-order valence-electron chi connectivity index (χ0n) is 14.7. The predicted octanol–water partition coefficient (Wildman–Crippen LogP) is 4.76. The molecule has 0 atom stereocenters. The lowest BCUT2D eigenvalue weighted by Crippen LogP contribution is -2.08. The Morgan fingerprint density at radius 1 is 1.04 bits per heavy atom. The molecule has 2 N–H and O–H groups in total. The van der Waals surface area contributed by atoms with Gasteiger partial charge in [0.2, 0.25) is 5.95 Å². The molecule has 1 heterocycles. The maximum Gasteiger partial charge on any atom is 0.224 e. The van der Waals surface area contributed by atoms with Crippen LogP contribution in [-0.4, -0.2) is 16.1 Å². The van der Waals surface area contributed by atoms with Gasteiger partial charge >= 0.3 is 0 Å². The first-order valence-corrected chi connectivity index (χ1v) is 8.44. The molecular formula is C20H21FN4O. The molecule has 0 saturated heterocycles. The van der Waals surface area contributed by atoms with Crippen molar-refractivity contribution in [2.24, 2.45) is 0 Å². The van der Waals surface area contributed by atoms with Crippen LogP contribution in [0.2, 0.25) is 0 Å². The van der Waals surface area contributed by atoms with Crippen molar-refractivity contribution in [1.82, 2.24) is 9.97 Å². The van der Waals surface area contributed by atoms with Crippen LogP contribution in [0.4, 0.5) is 21.8 Å². The molecule has 5 nitrogen and oxygen atoms in total. The Hall–Kier alpha value is -3.15. The normalized spacial score (nSPS) is 10.6. The number of halogens is 1. The fraction of sp³-hybridized carbons (Fsp3) is 0.200. The lowest BCUT2D eigenvalue weighted by Gasteiger charge is -2.15. The standard InChI is InChI=1S/C20H21FN4O/c1-14(2)26-18-6-4-3-5-17(18)24-19-11-12-22-20(25-19)23-13-15-7-9-16(21)10-8-15/h3-12,14H,13H2,1-2H3,(H2,22,23,24,25). The summed E-state index contributed by atoms with van der Waals surface area (Å²) in [5.41, 5.74) is 1.79. The summed E-state index contributed by atoms with van der Waals surface area (Å²) in [6.07, 6.45) is 1.75. The van der Waals surface area contributed by atoms with Gasteiger partial charge in [-0.05, 0) is 49.7 Å². The van der Waals surface area contributed by atoms with Gasteiger partial charge in [0.15, 0.2) is 0 Å². The predicted molar refractivity (Wildman–Crippen MR) is 101 cm³/mol. The van der Waals surface area contributed by atoms with Crippen molar-refractivity contribution < 1.29 is 9.13 Å². The summed E-state index contributed by atoms with van der Waals surface area (Å²) in [4.78, 5) is 8.67. The van der Waals surface area contributed by atoms with Gasteiger partial charge in [0.1, 0.15) is 17.4 Å². The maximum absolute atomic E-state index is 13.0. The molecule has 26 heavy (non-hydrogen) atoms. The number of para-hydroxylation sites is 2. The van der Waals surface area contributed by atoms with Gasteiger partial charge in [0.05, 0.1) is 11.8 Å². The second-order valence-electron chi connectivity index (χ2n) is 6.03. The van der Waals surface area contributed by atoms with E-state index >= 15 is 0 Å². The molecule has 0 aliphatic rings. The largest absolute Gasteiger partial charge is 0.489 e. The number of hydrogen-bond acceptors (Lipinski definition) is 5. The van der Waals surface area contributed by atoms with E-state index in [0.29, 0.717) is 18.3 Å². The molecule has 3 aromatic rings. The van der Waals surface area contributed by atoms with Gasteiger partial charge in [0, 0.05) is 12.7 Å². The Bertz CT molecular complexity index is 852. The molecule has 0 aliphatic heterocycles. The Morgan fingerprint density at radius 3 is 2.58 bits per heavy atom. The van der Waals surface area contributed by atoms with Gasteiger partial charge in [-0.1, -0.05) is 24.3 Å². The van der Waals surface area contributed by atoms with E-state index in [0.717, 1.165) is 17.0 Å². The quantitative estimate of drug-likeness (QED) is 0.642. The molecule has 0 fully saturated rings. The SMILES string of the molecule is CC(C)Oc1ccccc1Nc1ccnc(NCc2ccc(F)cc2)n1. The Balaban J connectivity index is 1.69. The van der Waals surface area contributed by atoms with Crippen LogP contribution in [-0.2, 0) is 6.54 Å². The highest BCUT2D eigenvalue weighted by atomic mass is 19.1. The van der Waals surface area contributed by atoms with Crippen molar-refractivity contribution in [3.8, 4) is 5.75 Å². The summed E-state index contributed by atoms with van der Waals surface area (Å²) in [5, 5.41) is 6.40. The van der Waals surface area contributed by atoms with Crippen molar-refractivity contribution in [2.75, 3.05) is 10.6 Å². The lowest BCUT2D eigenvalue weighted by atomic mass is 10.2. The minimum Gasteiger partial charge on any atom is -0.489 e. The summed E-state index contributed by atoms with van der Waals surface area (Å²) >= 11 is 0. The molecule has 134 valence electrons. The highest BCUT2D eigenvalue weighted by molar-refractivity contribution is 5.64. The van der Waals surface area contributed by atoms with Crippen LogP contribution in [0.3, 0.4) is 0 Å². The molecule has 0 radical (unpaired) electrons. The first-order chi connectivity index (χ1) is 12.6. The molecule has 0 spiro atoms. The summed E-state index contributed by atoms with van der Waals surface area (Å²) < 4.78 is 18.8. The van der Waals surface area contributed by atoms with Crippen LogP contribution in [0.1, 0.15) is 19.4 Å². The summed E-state index contributed by atoms with van der Waals surface area (Å²) in [5.74, 6) is 1.66. The minimum absolute atomic E-state index is 0.0799. The van der Waals surface area contributed by atoms with Crippen molar-refractivity contribution in [3.63, 3.8) is 0 Å². The average Bonchev–Trinajstić information content (AvgIpc) is 2.63. The number of benzene rings is 2. The molecule has 3 rings (SSSR count). The highest BCUT2D eigenvalue weighted by Gasteiger charge is 2.07. The van der Waals surface area contributed by atoms with Crippen molar-refractivity contribution in [3.05, 3.63) is 72.2 Å². The molecule has 0 bridgehead atoms. The van der Waals surface area contributed by atoms with Crippen LogP contribution in [0.15, 0.2) is 60.8 Å². The summed E-state index contributed by atoms with van der Waals surface area (Å²) in [6, 6.07) is 15.8. The van der Waals surface area contributed by atoms with Crippen molar-refractivity contribution >= 4 is 17.5 Å². The maximum atomic E-state index is 13.0. The van der Waals surface area contributed by atoms with E-state index in [-0.39, 0.29) is 11.9 Å². The van der Waals surface area contributed by atoms with Crippen molar-refractivity contribution in [1.29, 1.82) is 0 Å². The number of ether oxygens (including phenoxy) is 1. The molecular weight excluding hydrogens is 331 g/mol. The summed E-state index contributed by atoms with van der Waals surface area (Å²) in [6.45, 7) is 4.48. The number of rotatable bonds is 7. The van der Waals surface area contributed by atoms with E-state index in [1.807, 2.05) is 38.1 Å². The fourth-order valence-corrected chi connectivity index (χ4v) is 2.36. The fourth-order valence-electron chi connectivity index (χ4n) is 2.36. The monoisotopic (exact) mass is 352 g/mol. The van der Waals surface area contributed by atoms with Gasteiger partial charge < -0.3 is 15.4 Å². The Morgan fingerprint density at radius 2 is 1.81 bits per heavy atom. The molecule has 1 aromatic heterocycles. The first-order valence-electron chi connectivity index (χ1n) is 8.44. The van der Waals surface area contributed by atoms with Crippen molar-refractivity contribution in [2.45, 2.75) is 26.5 Å². The number of aromatic nitrogens is 2. The van der Waals surface area contributed by atoms with E-state index in [9.17, 15) is 4.39 Å². The molecule has 6 heteroatoms. The Kier molecular flexibility index (Phi) is 5.63. The first kappa shape index (κ1) is 17.7. The molecule has 0 aliphatic carbocycles. The Labute approximate surface area is 152 Å². The van der Waals surface area contributed by atoms with E-state index in [4.69, 9.17) is 4.74 Å². The number of nitrogens with one attached hydrogen (secondary N) is 2. The topological polar surface area (TPSA) is 59.1 Å². The average molecular weight is 352 g/mol. The second kappa shape index (κ2) is 8.29. The third-order valence-corrected chi connectivity index (χ3v) is 3.53. The zero-order chi connectivity index (χ0) is 18.4. The van der Waals surface area contributed by atoms with Gasteiger partial charge in [-0.3, -0.25) is 0 Å². The lowest BCUT2D eigenvalue weighted by molar-refractivity contribution is 0.244. The van der Waals surface area contributed by atoms with Crippen LogP contribution < -0.4 is 15.4 Å². The number of nitrogens with zero attached hydrogens (tertiary/aromatic N) is 2. The van der Waals surface area contributed by atoms with Crippen LogP contribution in [0, 0.1) is 5.82 Å². The van der Waals surface area contributed by atoms with Gasteiger partial charge in [-0.25, -0.2) is 9.37 Å². The van der Waals surface area contributed by atoms with Crippen LogP contribution >= 0.6 is 0 Å².